The van der Waals surface area contributed by atoms with Gasteiger partial charge in [-0.15, -0.1) is 0 Å². The van der Waals surface area contributed by atoms with Gasteiger partial charge in [-0.2, -0.15) is 0 Å². The number of nitrogens with zero attached hydrogens (tertiary/aromatic N) is 1. The molecule has 1 saturated heterocycles. The Morgan fingerprint density at radius 2 is 2.11 bits per heavy atom. The van der Waals surface area contributed by atoms with Gasteiger partial charge in [-0.1, -0.05) is 31.5 Å². The van der Waals surface area contributed by atoms with E-state index in [2.05, 4.69) is 29.8 Å². The highest BCUT2D eigenvalue weighted by Crippen LogP contribution is 2.34. The standard InChI is InChI=1S/C14H19N3S/c1-11-6-5-9-14(10-11)15-13(18)17(16-14)12-7-3-2-4-8-12/h2-4,7-8,11,16H,5-6,9-10H2,1H3,(H,15,18)/t11-,14-/m1/s1. The Labute approximate surface area is 114 Å². The first kappa shape index (κ1) is 11.9. The number of hydrogen-bond acceptors (Lipinski definition) is 2. The molecule has 1 aromatic rings. The lowest BCUT2D eigenvalue weighted by Gasteiger charge is -2.36. The first-order chi connectivity index (χ1) is 8.69. The summed E-state index contributed by atoms with van der Waals surface area (Å²) >= 11 is 5.47. The van der Waals surface area contributed by atoms with Crippen LogP contribution in [0.5, 0.6) is 0 Å². The molecule has 0 unspecified atom stereocenters. The van der Waals surface area contributed by atoms with E-state index in [1.54, 1.807) is 0 Å². The van der Waals surface area contributed by atoms with Crippen LogP contribution in [0.3, 0.4) is 0 Å². The summed E-state index contributed by atoms with van der Waals surface area (Å²) in [6.07, 6.45) is 4.85. The summed E-state index contributed by atoms with van der Waals surface area (Å²) in [4.78, 5) is 0. The molecule has 0 amide bonds. The molecule has 0 radical (unpaired) electrons. The fraction of sp³-hybridized carbons (Fsp3) is 0.500. The molecule has 2 atom stereocenters. The molecule has 1 spiro atoms. The van der Waals surface area contributed by atoms with Crippen LogP contribution in [0.2, 0.25) is 0 Å². The van der Waals surface area contributed by atoms with Crippen molar-refractivity contribution in [2.45, 2.75) is 38.3 Å². The highest BCUT2D eigenvalue weighted by molar-refractivity contribution is 7.80. The number of thiocarbonyl (C=S) groups is 1. The lowest BCUT2D eigenvalue weighted by molar-refractivity contribution is 0.192. The van der Waals surface area contributed by atoms with Crippen molar-refractivity contribution in [3.8, 4) is 0 Å². The van der Waals surface area contributed by atoms with Crippen LogP contribution in [0.25, 0.3) is 0 Å². The SMILES string of the molecule is C[C@@H]1CCC[C@@]2(C1)NC(=S)N(c1ccccc1)N2. The molecule has 1 saturated carbocycles. The minimum atomic E-state index is -0.0232. The number of hydrazine groups is 1. The van der Waals surface area contributed by atoms with Crippen molar-refractivity contribution in [2.24, 2.45) is 5.92 Å². The highest BCUT2D eigenvalue weighted by atomic mass is 32.1. The summed E-state index contributed by atoms with van der Waals surface area (Å²) < 4.78 is 0. The minimum absolute atomic E-state index is 0.0232. The van der Waals surface area contributed by atoms with Crippen molar-refractivity contribution in [2.75, 3.05) is 5.01 Å². The molecule has 0 bridgehead atoms. The topological polar surface area (TPSA) is 27.3 Å². The molecule has 96 valence electrons. The van der Waals surface area contributed by atoms with Crippen molar-refractivity contribution in [3.05, 3.63) is 30.3 Å². The van der Waals surface area contributed by atoms with E-state index in [9.17, 15) is 0 Å². The van der Waals surface area contributed by atoms with E-state index in [1.807, 2.05) is 23.2 Å². The van der Waals surface area contributed by atoms with Crippen molar-refractivity contribution in [1.82, 2.24) is 10.7 Å². The highest BCUT2D eigenvalue weighted by Gasteiger charge is 2.42. The molecule has 1 aliphatic heterocycles. The quantitative estimate of drug-likeness (QED) is 0.760. The molecule has 3 rings (SSSR count). The Bertz CT molecular complexity index is 448. The van der Waals surface area contributed by atoms with E-state index in [-0.39, 0.29) is 5.66 Å². The van der Waals surface area contributed by atoms with Gasteiger partial charge in [0.25, 0.3) is 0 Å². The fourth-order valence-electron chi connectivity index (χ4n) is 3.08. The van der Waals surface area contributed by atoms with E-state index in [0.717, 1.165) is 29.6 Å². The Morgan fingerprint density at radius 1 is 1.33 bits per heavy atom. The predicted octanol–water partition coefficient (Wildman–Crippen LogP) is 2.79. The largest absolute Gasteiger partial charge is 0.342 e. The van der Waals surface area contributed by atoms with Crippen LogP contribution in [0, 0.1) is 5.92 Å². The lowest BCUT2D eigenvalue weighted by Crippen LogP contribution is -2.53. The monoisotopic (exact) mass is 261 g/mol. The summed E-state index contributed by atoms with van der Waals surface area (Å²) in [5, 5.41) is 6.29. The van der Waals surface area contributed by atoms with Gasteiger partial charge in [0, 0.05) is 0 Å². The third kappa shape index (κ3) is 2.10. The fourth-order valence-corrected chi connectivity index (χ4v) is 3.42. The number of anilines is 1. The van der Waals surface area contributed by atoms with E-state index in [0.29, 0.717) is 0 Å². The summed E-state index contributed by atoms with van der Waals surface area (Å²) in [7, 11) is 0. The average molecular weight is 261 g/mol. The normalized spacial score (nSPS) is 31.7. The maximum absolute atomic E-state index is 5.47. The summed E-state index contributed by atoms with van der Waals surface area (Å²) in [5.74, 6) is 0.747. The van der Waals surface area contributed by atoms with E-state index in [1.165, 1.54) is 12.8 Å². The number of nitrogens with one attached hydrogen (secondary N) is 2. The maximum Gasteiger partial charge on any atom is 0.189 e. The van der Waals surface area contributed by atoms with Gasteiger partial charge >= 0.3 is 0 Å². The van der Waals surface area contributed by atoms with Crippen molar-refractivity contribution < 1.29 is 0 Å². The minimum Gasteiger partial charge on any atom is -0.342 e. The van der Waals surface area contributed by atoms with Gasteiger partial charge in [-0.3, -0.25) is 5.01 Å². The third-order valence-corrected chi connectivity index (χ3v) is 4.17. The van der Waals surface area contributed by atoms with Crippen LogP contribution in [-0.2, 0) is 0 Å². The molecule has 2 aliphatic rings. The molecule has 3 nitrogen and oxygen atoms in total. The molecule has 1 aromatic carbocycles. The Morgan fingerprint density at radius 3 is 2.83 bits per heavy atom. The molecule has 1 aliphatic carbocycles. The number of para-hydroxylation sites is 1. The molecule has 0 aromatic heterocycles. The molecular formula is C14H19N3S. The zero-order valence-corrected chi connectivity index (χ0v) is 11.5. The van der Waals surface area contributed by atoms with E-state index in [4.69, 9.17) is 12.2 Å². The van der Waals surface area contributed by atoms with Gasteiger partial charge in [0.2, 0.25) is 0 Å². The Kier molecular flexibility index (Phi) is 2.99. The molecule has 1 heterocycles. The second-order valence-corrected chi connectivity index (χ2v) is 5.88. The van der Waals surface area contributed by atoms with Gasteiger partial charge in [0.15, 0.2) is 5.11 Å². The van der Waals surface area contributed by atoms with E-state index >= 15 is 0 Å². The molecule has 2 fully saturated rings. The van der Waals surface area contributed by atoms with Gasteiger partial charge in [-0.25, -0.2) is 5.43 Å². The Balaban J connectivity index is 1.82. The Hall–Kier alpha value is -1.13. The van der Waals surface area contributed by atoms with Crippen LogP contribution in [0.4, 0.5) is 5.69 Å². The first-order valence-electron chi connectivity index (χ1n) is 6.64. The van der Waals surface area contributed by atoms with Crippen molar-refractivity contribution >= 4 is 23.0 Å². The number of hydrogen-bond donors (Lipinski definition) is 2. The number of rotatable bonds is 1. The molecule has 18 heavy (non-hydrogen) atoms. The van der Waals surface area contributed by atoms with Crippen LogP contribution in [0.15, 0.2) is 30.3 Å². The molecule has 2 N–H and O–H groups in total. The zero-order valence-electron chi connectivity index (χ0n) is 10.6. The van der Waals surface area contributed by atoms with Gasteiger partial charge < -0.3 is 5.32 Å². The van der Waals surface area contributed by atoms with Crippen LogP contribution >= 0.6 is 12.2 Å². The second kappa shape index (κ2) is 4.52. The molecular weight excluding hydrogens is 242 g/mol. The lowest BCUT2D eigenvalue weighted by atomic mass is 9.83. The number of benzene rings is 1. The zero-order chi connectivity index (χ0) is 12.6. The molecule has 4 heteroatoms. The first-order valence-corrected chi connectivity index (χ1v) is 7.04. The van der Waals surface area contributed by atoms with Crippen molar-refractivity contribution in [3.63, 3.8) is 0 Å². The predicted molar refractivity (Wildman–Crippen MR) is 78.2 cm³/mol. The smallest absolute Gasteiger partial charge is 0.189 e. The van der Waals surface area contributed by atoms with Crippen LogP contribution < -0.4 is 15.8 Å². The maximum atomic E-state index is 5.47. The summed E-state index contributed by atoms with van der Waals surface area (Å²) in [6, 6.07) is 10.2. The van der Waals surface area contributed by atoms with Gasteiger partial charge in [-0.05, 0) is 49.5 Å². The summed E-state index contributed by atoms with van der Waals surface area (Å²) in [5.41, 5.74) is 4.66. The van der Waals surface area contributed by atoms with Gasteiger partial charge in [0.05, 0.1) is 5.69 Å². The van der Waals surface area contributed by atoms with Crippen LogP contribution in [-0.4, -0.2) is 10.8 Å². The summed E-state index contributed by atoms with van der Waals surface area (Å²) in [6.45, 7) is 2.32. The van der Waals surface area contributed by atoms with Crippen molar-refractivity contribution in [1.29, 1.82) is 0 Å². The van der Waals surface area contributed by atoms with Gasteiger partial charge in [0.1, 0.15) is 5.66 Å². The second-order valence-electron chi connectivity index (χ2n) is 5.50. The average Bonchev–Trinajstić information content (AvgIpc) is 2.67. The third-order valence-electron chi connectivity index (χ3n) is 3.89. The van der Waals surface area contributed by atoms with E-state index < -0.39 is 0 Å². The van der Waals surface area contributed by atoms with Crippen LogP contribution in [0.1, 0.15) is 32.6 Å².